The van der Waals surface area contributed by atoms with E-state index in [4.69, 9.17) is 0 Å². The topological polar surface area (TPSA) is 24.1 Å². The standard InChI is InChI=1S/C20H32N2S/c1-7-14(5)21-16-11-17-15(8-2)13-20(6,9-3)22-19(17)18(12-16)23-10-4/h11-14,21-22H,7-10H2,1-6H3. The maximum absolute atomic E-state index is 3.81. The van der Waals surface area contributed by atoms with Crippen LogP contribution in [0.2, 0.25) is 0 Å². The van der Waals surface area contributed by atoms with Crippen LogP contribution in [0, 0.1) is 0 Å². The van der Waals surface area contributed by atoms with Crippen LogP contribution in [0.15, 0.2) is 23.1 Å². The van der Waals surface area contributed by atoms with Gasteiger partial charge in [0.15, 0.2) is 0 Å². The van der Waals surface area contributed by atoms with Gasteiger partial charge in [-0.15, -0.1) is 11.8 Å². The van der Waals surface area contributed by atoms with Crippen molar-refractivity contribution in [1.82, 2.24) is 0 Å². The molecule has 1 aromatic carbocycles. The second-order valence-electron chi connectivity index (χ2n) is 6.70. The van der Waals surface area contributed by atoms with E-state index in [2.05, 4.69) is 70.4 Å². The zero-order valence-corrected chi connectivity index (χ0v) is 16.4. The lowest BCUT2D eigenvalue weighted by Gasteiger charge is -2.36. The highest BCUT2D eigenvalue weighted by molar-refractivity contribution is 7.99. The molecule has 3 heteroatoms. The average molecular weight is 333 g/mol. The quantitative estimate of drug-likeness (QED) is 0.565. The summed E-state index contributed by atoms with van der Waals surface area (Å²) in [5.74, 6) is 1.09. The molecule has 0 amide bonds. The van der Waals surface area contributed by atoms with E-state index in [1.165, 1.54) is 27.4 Å². The number of hydrogen-bond acceptors (Lipinski definition) is 3. The second-order valence-corrected chi connectivity index (χ2v) is 8.01. The number of allylic oxidation sites excluding steroid dienone is 1. The number of benzene rings is 1. The van der Waals surface area contributed by atoms with Gasteiger partial charge in [0.05, 0.1) is 11.2 Å². The summed E-state index contributed by atoms with van der Waals surface area (Å²) < 4.78 is 0. The maximum atomic E-state index is 3.81. The van der Waals surface area contributed by atoms with Gasteiger partial charge >= 0.3 is 0 Å². The lowest BCUT2D eigenvalue weighted by atomic mass is 9.86. The molecule has 2 atom stereocenters. The number of thioether (sulfide) groups is 1. The molecule has 2 unspecified atom stereocenters. The van der Waals surface area contributed by atoms with E-state index in [0.717, 1.165) is 25.0 Å². The molecular weight excluding hydrogens is 300 g/mol. The van der Waals surface area contributed by atoms with Crippen molar-refractivity contribution in [3.63, 3.8) is 0 Å². The molecule has 0 saturated heterocycles. The van der Waals surface area contributed by atoms with Crippen LogP contribution in [0.4, 0.5) is 11.4 Å². The molecule has 1 aromatic rings. The van der Waals surface area contributed by atoms with E-state index >= 15 is 0 Å². The van der Waals surface area contributed by atoms with Crippen LogP contribution in [0.1, 0.15) is 66.4 Å². The van der Waals surface area contributed by atoms with Crippen LogP contribution in [-0.2, 0) is 0 Å². The average Bonchev–Trinajstić information content (AvgIpc) is 2.55. The smallest absolute Gasteiger partial charge is 0.0562 e. The van der Waals surface area contributed by atoms with Crippen LogP contribution in [0.5, 0.6) is 0 Å². The number of anilines is 2. The first kappa shape index (κ1) is 18.3. The van der Waals surface area contributed by atoms with Gasteiger partial charge in [0.1, 0.15) is 0 Å². The largest absolute Gasteiger partial charge is 0.383 e. The Bertz CT molecular complexity index is 579. The highest BCUT2D eigenvalue weighted by Crippen LogP contribution is 2.44. The molecule has 1 heterocycles. The Hall–Kier alpha value is -1.09. The Kier molecular flexibility index (Phi) is 6.07. The highest BCUT2D eigenvalue weighted by Gasteiger charge is 2.28. The van der Waals surface area contributed by atoms with Crippen LogP contribution >= 0.6 is 11.8 Å². The van der Waals surface area contributed by atoms with Gasteiger partial charge in [0, 0.05) is 22.2 Å². The Morgan fingerprint density at radius 2 is 1.96 bits per heavy atom. The zero-order valence-electron chi connectivity index (χ0n) is 15.5. The first-order valence-corrected chi connectivity index (χ1v) is 10.0. The molecule has 0 fully saturated rings. The van der Waals surface area contributed by atoms with Crippen LogP contribution in [-0.4, -0.2) is 17.3 Å². The molecule has 0 radical (unpaired) electrons. The molecule has 0 bridgehead atoms. The van der Waals surface area contributed by atoms with Gasteiger partial charge in [0.2, 0.25) is 0 Å². The van der Waals surface area contributed by atoms with Crippen molar-refractivity contribution in [2.75, 3.05) is 16.4 Å². The van der Waals surface area contributed by atoms with Crippen molar-refractivity contribution in [3.05, 3.63) is 23.8 Å². The van der Waals surface area contributed by atoms with Crippen molar-refractivity contribution in [3.8, 4) is 0 Å². The van der Waals surface area contributed by atoms with E-state index in [0.29, 0.717) is 6.04 Å². The minimum Gasteiger partial charge on any atom is -0.383 e. The Morgan fingerprint density at radius 3 is 2.52 bits per heavy atom. The first-order valence-electron chi connectivity index (χ1n) is 9.03. The minimum atomic E-state index is 0.0625. The summed E-state index contributed by atoms with van der Waals surface area (Å²) in [7, 11) is 0. The fraction of sp³-hybridized carbons (Fsp3) is 0.600. The summed E-state index contributed by atoms with van der Waals surface area (Å²) >= 11 is 1.93. The first-order chi connectivity index (χ1) is 11.0. The summed E-state index contributed by atoms with van der Waals surface area (Å²) in [5.41, 5.74) is 5.48. The van der Waals surface area contributed by atoms with Crippen LogP contribution in [0.3, 0.4) is 0 Å². The molecule has 0 spiro atoms. The van der Waals surface area contributed by atoms with Gasteiger partial charge in [-0.05, 0) is 56.6 Å². The van der Waals surface area contributed by atoms with Gasteiger partial charge in [-0.1, -0.05) is 33.8 Å². The molecule has 2 rings (SSSR count). The third kappa shape index (κ3) is 4.06. The molecule has 128 valence electrons. The monoisotopic (exact) mass is 332 g/mol. The summed E-state index contributed by atoms with van der Waals surface area (Å²) in [4.78, 5) is 1.37. The summed E-state index contributed by atoms with van der Waals surface area (Å²) in [6.07, 6.45) is 5.74. The normalized spacial score (nSPS) is 21.2. The van der Waals surface area contributed by atoms with Gasteiger partial charge in [-0.2, -0.15) is 0 Å². The Morgan fingerprint density at radius 1 is 1.22 bits per heavy atom. The molecule has 2 nitrogen and oxygen atoms in total. The van der Waals surface area contributed by atoms with Crippen molar-refractivity contribution < 1.29 is 0 Å². The van der Waals surface area contributed by atoms with E-state index in [1.54, 1.807) is 0 Å². The van der Waals surface area contributed by atoms with E-state index in [-0.39, 0.29) is 5.54 Å². The SMILES string of the molecule is CCSc1cc(NC(C)CC)cc2c1NC(C)(CC)C=C2CC. The predicted molar refractivity (Wildman–Crippen MR) is 107 cm³/mol. The highest BCUT2D eigenvalue weighted by atomic mass is 32.2. The third-order valence-electron chi connectivity index (χ3n) is 4.79. The number of fused-ring (bicyclic) bond motifs is 1. The van der Waals surface area contributed by atoms with Crippen molar-refractivity contribution in [1.29, 1.82) is 0 Å². The van der Waals surface area contributed by atoms with E-state index < -0.39 is 0 Å². The van der Waals surface area contributed by atoms with E-state index in [1.807, 2.05) is 11.8 Å². The van der Waals surface area contributed by atoms with Crippen molar-refractivity contribution in [2.24, 2.45) is 0 Å². The fourth-order valence-corrected chi connectivity index (χ4v) is 3.83. The minimum absolute atomic E-state index is 0.0625. The summed E-state index contributed by atoms with van der Waals surface area (Å²) in [6, 6.07) is 5.15. The number of rotatable bonds is 7. The molecule has 0 aliphatic carbocycles. The molecule has 1 aliphatic heterocycles. The van der Waals surface area contributed by atoms with Crippen LogP contribution < -0.4 is 10.6 Å². The summed E-state index contributed by atoms with van der Waals surface area (Å²) in [5, 5.41) is 7.46. The lowest BCUT2D eigenvalue weighted by molar-refractivity contribution is 0.605. The third-order valence-corrected chi connectivity index (χ3v) is 5.71. The molecule has 23 heavy (non-hydrogen) atoms. The number of nitrogens with one attached hydrogen (secondary N) is 2. The maximum Gasteiger partial charge on any atom is 0.0562 e. The van der Waals surface area contributed by atoms with Crippen LogP contribution in [0.25, 0.3) is 5.57 Å². The Labute approximate surface area is 146 Å². The second kappa shape index (κ2) is 7.65. The lowest BCUT2D eigenvalue weighted by Crippen LogP contribution is -2.35. The molecule has 2 N–H and O–H groups in total. The molecule has 1 aliphatic rings. The fourth-order valence-electron chi connectivity index (χ4n) is 3.00. The number of hydrogen-bond donors (Lipinski definition) is 2. The zero-order chi connectivity index (χ0) is 17.0. The van der Waals surface area contributed by atoms with Gasteiger partial charge in [-0.25, -0.2) is 0 Å². The molecule has 0 saturated carbocycles. The van der Waals surface area contributed by atoms with Crippen molar-refractivity contribution in [2.45, 2.75) is 77.3 Å². The Balaban J connectivity index is 2.52. The molecule has 0 aromatic heterocycles. The van der Waals surface area contributed by atoms with E-state index in [9.17, 15) is 0 Å². The molecular formula is C20H32N2S. The van der Waals surface area contributed by atoms with Gasteiger partial charge in [-0.3, -0.25) is 0 Å². The van der Waals surface area contributed by atoms with Crippen molar-refractivity contribution >= 4 is 28.7 Å². The van der Waals surface area contributed by atoms with Gasteiger partial charge < -0.3 is 10.6 Å². The predicted octanol–water partition coefficient (Wildman–Crippen LogP) is 6.40. The summed E-state index contributed by atoms with van der Waals surface area (Å²) in [6.45, 7) is 13.5. The van der Waals surface area contributed by atoms with Gasteiger partial charge in [0.25, 0.3) is 0 Å².